The fraction of sp³-hybridized carbons (Fsp3) is 0.438. The van der Waals surface area contributed by atoms with Crippen molar-refractivity contribution in [2.75, 3.05) is 38.0 Å². The van der Waals surface area contributed by atoms with Crippen LogP contribution >= 0.6 is 0 Å². The lowest BCUT2D eigenvalue weighted by Crippen LogP contribution is -2.48. The van der Waals surface area contributed by atoms with Crippen LogP contribution in [0.5, 0.6) is 0 Å². The summed E-state index contributed by atoms with van der Waals surface area (Å²) in [7, 11) is 0. The van der Waals surface area contributed by atoms with Gasteiger partial charge in [0.25, 0.3) is 0 Å². The molecule has 1 saturated heterocycles. The second kappa shape index (κ2) is 7.34. The maximum atomic E-state index is 12.0. The molecule has 3 rings (SSSR count). The molecular formula is C16H21N5O2. The third-order valence-electron chi connectivity index (χ3n) is 3.84. The Bertz CT molecular complexity index is 635. The van der Waals surface area contributed by atoms with E-state index in [2.05, 4.69) is 25.3 Å². The van der Waals surface area contributed by atoms with Gasteiger partial charge in [-0.1, -0.05) is 11.2 Å². The van der Waals surface area contributed by atoms with E-state index in [1.54, 1.807) is 13.0 Å². The third kappa shape index (κ3) is 4.61. The average molecular weight is 315 g/mol. The van der Waals surface area contributed by atoms with Crippen LogP contribution in [0.15, 0.2) is 35.0 Å². The largest absolute Gasteiger partial charge is 0.360 e. The molecule has 7 nitrogen and oxygen atoms in total. The second-order valence-corrected chi connectivity index (χ2v) is 5.74. The molecule has 0 saturated carbocycles. The zero-order valence-electron chi connectivity index (χ0n) is 13.2. The topological polar surface area (TPSA) is 74.5 Å². The van der Waals surface area contributed by atoms with Crippen LogP contribution in [0.1, 0.15) is 11.5 Å². The van der Waals surface area contributed by atoms with E-state index in [-0.39, 0.29) is 5.91 Å². The first-order valence-corrected chi connectivity index (χ1v) is 7.77. The van der Waals surface area contributed by atoms with Crippen molar-refractivity contribution in [3.63, 3.8) is 0 Å². The number of hydrogen-bond acceptors (Lipinski definition) is 6. The first-order chi connectivity index (χ1) is 11.2. The smallest absolute Gasteiger partial charge is 0.239 e. The molecule has 1 N–H and O–H groups in total. The molecule has 1 aliphatic rings. The zero-order valence-corrected chi connectivity index (χ0v) is 13.2. The Morgan fingerprint density at radius 1 is 1.26 bits per heavy atom. The van der Waals surface area contributed by atoms with E-state index in [1.165, 1.54) is 0 Å². The molecule has 0 radical (unpaired) electrons. The summed E-state index contributed by atoms with van der Waals surface area (Å²) in [6.45, 7) is 6.65. The first kappa shape index (κ1) is 15.6. The van der Waals surface area contributed by atoms with Crippen molar-refractivity contribution in [2.24, 2.45) is 0 Å². The monoisotopic (exact) mass is 315 g/mol. The molecule has 0 unspecified atom stereocenters. The van der Waals surface area contributed by atoms with Crippen LogP contribution in [0, 0.1) is 6.92 Å². The van der Waals surface area contributed by atoms with Crippen LogP contribution in [0.3, 0.4) is 0 Å². The Morgan fingerprint density at radius 3 is 2.70 bits per heavy atom. The Labute approximate surface area is 135 Å². The number of rotatable bonds is 5. The molecule has 3 heterocycles. The molecule has 7 heteroatoms. The molecule has 0 spiro atoms. The van der Waals surface area contributed by atoms with Crippen LogP contribution in [0.2, 0.25) is 0 Å². The molecule has 1 aliphatic heterocycles. The average Bonchev–Trinajstić information content (AvgIpc) is 2.95. The van der Waals surface area contributed by atoms with Crippen molar-refractivity contribution in [3.8, 4) is 0 Å². The van der Waals surface area contributed by atoms with Crippen molar-refractivity contribution in [1.82, 2.24) is 19.9 Å². The number of amides is 1. The molecule has 2 aromatic rings. The summed E-state index contributed by atoms with van der Waals surface area (Å²) in [6, 6.07) is 7.69. The Balaban J connectivity index is 1.41. The number of anilines is 1. The van der Waals surface area contributed by atoms with Gasteiger partial charge >= 0.3 is 0 Å². The van der Waals surface area contributed by atoms with Crippen molar-refractivity contribution >= 4 is 11.7 Å². The van der Waals surface area contributed by atoms with E-state index in [0.29, 0.717) is 18.1 Å². The number of nitrogens with one attached hydrogen (secondary N) is 1. The number of nitrogens with zero attached hydrogens (tertiary/aromatic N) is 4. The van der Waals surface area contributed by atoms with Gasteiger partial charge in [0.05, 0.1) is 12.2 Å². The summed E-state index contributed by atoms with van der Waals surface area (Å²) < 4.78 is 4.94. The summed E-state index contributed by atoms with van der Waals surface area (Å²) in [4.78, 5) is 20.9. The van der Waals surface area contributed by atoms with Crippen molar-refractivity contribution in [1.29, 1.82) is 0 Å². The molecule has 0 atom stereocenters. The van der Waals surface area contributed by atoms with E-state index in [9.17, 15) is 4.79 Å². The van der Waals surface area contributed by atoms with Gasteiger partial charge in [-0.2, -0.15) is 0 Å². The van der Waals surface area contributed by atoms with Crippen LogP contribution < -0.4 is 5.32 Å². The molecular weight excluding hydrogens is 294 g/mol. The standard InChI is InChI=1S/C16H21N5O2/c1-13-10-15(19-23-13)18-16(22)12-21-8-6-20(7-9-21)11-14-4-2-3-5-17-14/h2-5,10H,6-9,11-12H2,1H3,(H,18,19,22). The predicted molar refractivity (Wildman–Crippen MR) is 85.8 cm³/mol. The van der Waals surface area contributed by atoms with Gasteiger partial charge in [0.2, 0.25) is 5.91 Å². The number of piperazine rings is 1. The van der Waals surface area contributed by atoms with Gasteiger partial charge < -0.3 is 9.84 Å². The highest BCUT2D eigenvalue weighted by atomic mass is 16.5. The highest BCUT2D eigenvalue weighted by molar-refractivity contribution is 5.91. The molecule has 2 aromatic heterocycles. The summed E-state index contributed by atoms with van der Waals surface area (Å²) in [6.07, 6.45) is 1.82. The molecule has 122 valence electrons. The van der Waals surface area contributed by atoms with Crippen LogP contribution in [-0.4, -0.2) is 58.6 Å². The maximum absolute atomic E-state index is 12.0. The summed E-state index contributed by atoms with van der Waals surface area (Å²) in [5, 5.41) is 6.52. The lowest BCUT2D eigenvalue weighted by molar-refractivity contribution is -0.117. The van der Waals surface area contributed by atoms with E-state index in [0.717, 1.165) is 38.4 Å². The second-order valence-electron chi connectivity index (χ2n) is 5.74. The Kier molecular flexibility index (Phi) is 4.99. The Hall–Kier alpha value is -2.25. The molecule has 1 amide bonds. The van der Waals surface area contributed by atoms with E-state index in [1.807, 2.05) is 24.4 Å². The van der Waals surface area contributed by atoms with Gasteiger partial charge in [0.1, 0.15) is 5.76 Å². The van der Waals surface area contributed by atoms with Crippen molar-refractivity contribution in [3.05, 3.63) is 41.9 Å². The van der Waals surface area contributed by atoms with E-state index in [4.69, 9.17) is 4.52 Å². The molecule has 0 aromatic carbocycles. The van der Waals surface area contributed by atoms with Crippen LogP contribution in [0.25, 0.3) is 0 Å². The van der Waals surface area contributed by atoms with E-state index < -0.39 is 0 Å². The zero-order chi connectivity index (χ0) is 16.1. The predicted octanol–water partition coefficient (Wildman–Crippen LogP) is 1.13. The number of carbonyl (C=O) groups excluding carboxylic acids is 1. The lowest BCUT2D eigenvalue weighted by Gasteiger charge is -2.33. The first-order valence-electron chi connectivity index (χ1n) is 7.77. The SMILES string of the molecule is Cc1cc(NC(=O)CN2CCN(Cc3ccccn3)CC2)no1. The lowest BCUT2D eigenvalue weighted by atomic mass is 10.2. The highest BCUT2D eigenvalue weighted by Gasteiger charge is 2.19. The molecule has 1 fully saturated rings. The maximum Gasteiger partial charge on any atom is 0.239 e. The number of aryl methyl sites for hydroxylation is 1. The summed E-state index contributed by atoms with van der Waals surface area (Å²) in [5.74, 6) is 1.10. The van der Waals surface area contributed by atoms with Crippen molar-refractivity contribution < 1.29 is 9.32 Å². The number of hydrogen-bond donors (Lipinski definition) is 1. The Morgan fingerprint density at radius 2 is 2.04 bits per heavy atom. The number of pyridine rings is 1. The van der Waals surface area contributed by atoms with Gasteiger partial charge in [-0.15, -0.1) is 0 Å². The molecule has 23 heavy (non-hydrogen) atoms. The minimum atomic E-state index is -0.0588. The third-order valence-corrected chi connectivity index (χ3v) is 3.84. The van der Waals surface area contributed by atoms with Crippen LogP contribution in [-0.2, 0) is 11.3 Å². The number of aromatic nitrogens is 2. The normalized spacial score (nSPS) is 16.4. The minimum absolute atomic E-state index is 0.0588. The van der Waals surface area contributed by atoms with Gasteiger partial charge in [0.15, 0.2) is 5.82 Å². The molecule has 0 aliphatic carbocycles. The highest BCUT2D eigenvalue weighted by Crippen LogP contribution is 2.09. The van der Waals surface area contributed by atoms with Gasteiger partial charge in [-0.25, -0.2) is 0 Å². The minimum Gasteiger partial charge on any atom is -0.360 e. The quantitative estimate of drug-likeness (QED) is 0.892. The van der Waals surface area contributed by atoms with E-state index >= 15 is 0 Å². The van der Waals surface area contributed by atoms with Gasteiger partial charge in [-0.3, -0.25) is 19.6 Å². The number of carbonyl (C=O) groups is 1. The van der Waals surface area contributed by atoms with Crippen LogP contribution in [0.4, 0.5) is 5.82 Å². The van der Waals surface area contributed by atoms with Crippen molar-refractivity contribution in [2.45, 2.75) is 13.5 Å². The fourth-order valence-electron chi connectivity index (χ4n) is 2.64. The molecule has 0 bridgehead atoms. The fourth-order valence-corrected chi connectivity index (χ4v) is 2.64. The van der Waals surface area contributed by atoms with Gasteiger partial charge in [0, 0.05) is 45.0 Å². The summed E-state index contributed by atoms with van der Waals surface area (Å²) >= 11 is 0. The summed E-state index contributed by atoms with van der Waals surface area (Å²) in [5.41, 5.74) is 1.08. The van der Waals surface area contributed by atoms with Gasteiger partial charge in [-0.05, 0) is 19.1 Å².